The fourth-order valence-electron chi connectivity index (χ4n) is 4.12. The van der Waals surface area contributed by atoms with Gasteiger partial charge in [-0.2, -0.15) is 5.10 Å². The fraction of sp³-hybridized carbons (Fsp3) is 0.192. The van der Waals surface area contributed by atoms with E-state index < -0.39 is 0 Å². The molecule has 0 radical (unpaired) electrons. The highest BCUT2D eigenvalue weighted by Gasteiger charge is 2.27. The first-order valence-corrected chi connectivity index (χ1v) is 11.5. The normalized spacial score (nSPS) is 14.2. The third-order valence-corrected chi connectivity index (χ3v) is 6.20. The summed E-state index contributed by atoms with van der Waals surface area (Å²) in [5, 5.41) is 8.46. The first-order valence-electron chi connectivity index (χ1n) is 11.1. The summed E-state index contributed by atoms with van der Waals surface area (Å²) >= 11 is 6.06. The van der Waals surface area contributed by atoms with Gasteiger partial charge in [-0.15, -0.1) is 0 Å². The summed E-state index contributed by atoms with van der Waals surface area (Å²) < 4.78 is 6.93. The van der Waals surface area contributed by atoms with Crippen LogP contribution >= 0.6 is 11.6 Å². The Morgan fingerprint density at radius 3 is 2.38 bits per heavy atom. The average molecular weight is 475 g/mol. The SMILES string of the molecule is O=C(NC1CCN(C(=O)c2ccco2)CC1)c1cn(-c2ccccc2)nc1-c1ccc(Cl)cc1. The van der Waals surface area contributed by atoms with E-state index in [9.17, 15) is 9.59 Å². The van der Waals surface area contributed by atoms with E-state index in [-0.39, 0.29) is 17.9 Å². The molecule has 1 saturated heterocycles. The van der Waals surface area contributed by atoms with Crippen molar-refractivity contribution in [2.24, 2.45) is 0 Å². The second-order valence-corrected chi connectivity index (χ2v) is 8.63. The predicted molar refractivity (Wildman–Crippen MR) is 129 cm³/mol. The van der Waals surface area contributed by atoms with E-state index >= 15 is 0 Å². The number of para-hydroxylation sites is 1. The molecule has 172 valence electrons. The minimum absolute atomic E-state index is 0.0358. The standard InChI is InChI=1S/C26H23ClN4O3/c27-19-10-8-18(9-11-19)24-22(17-31(29-24)21-5-2-1-3-6-21)25(32)28-20-12-14-30(15-13-20)26(33)23-7-4-16-34-23/h1-11,16-17,20H,12-15H2,(H,28,32). The van der Waals surface area contributed by atoms with Crippen molar-refractivity contribution in [3.8, 4) is 16.9 Å². The molecule has 0 aliphatic carbocycles. The molecule has 5 rings (SSSR count). The number of benzene rings is 2. The molecule has 0 unspecified atom stereocenters. The Kier molecular flexibility index (Phi) is 6.18. The quantitative estimate of drug-likeness (QED) is 0.449. The second-order valence-electron chi connectivity index (χ2n) is 8.20. The molecular formula is C26H23ClN4O3. The van der Waals surface area contributed by atoms with Gasteiger partial charge in [-0.3, -0.25) is 9.59 Å². The molecule has 2 amide bonds. The van der Waals surface area contributed by atoms with Crippen LogP contribution in [0.15, 0.2) is 83.6 Å². The molecule has 0 spiro atoms. The van der Waals surface area contributed by atoms with Gasteiger partial charge in [-0.25, -0.2) is 4.68 Å². The molecule has 1 aliphatic heterocycles. The fourth-order valence-corrected chi connectivity index (χ4v) is 4.25. The zero-order valence-corrected chi connectivity index (χ0v) is 19.1. The van der Waals surface area contributed by atoms with Gasteiger partial charge < -0.3 is 14.6 Å². The molecule has 3 heterocycles. The van der Waals surface area contributed by atoms with Gasteiger partial charge >= 0.3 is 0 Å². The maximum atomic E-state index is 13.3. The van der Waals surface area contributed by atoms with Crippen molar-refractivity contribution in [2.75, 3.05) is 13.1 Å². The van der Waals surface area contributed by atoms with Crippen LogP contribution < -0.4 is 5.32 Å². The minimum Gasteiger partial charge on any atom is -0.459 e. The molecule has 8 heteroatoms. The zero-order chi connectivity index (χ0) is 23.5. The third kappa shape index (κ3) is 4.61. The topological polar surface area (TPSA) is 80.4 Å². The smallest absolute Gasteiger partial charge is 0.289 e. The van der Waals surface area contributed by atoms with Gasteiger partial charge in [0.1, 0.15) is 5.69 Å². The number of furan rings is 1. The van der Waals surface area contributed by atoms with Crippen LogP contribution in [0.3, 0.4) is 0 Å². The average Bonchev–Trinajstić information content (AvgIpc) is 3.56. The van der Waals surface area contributed by atoms with E-state index in [0.29, 0.717) is 48.0 Å². The molecule has 4 aromatic rings. The van der Waals surface area contributed by atoms with E-state index in [1.54, 1.807) is 40.0 Å². The van der Waals surface area contributed by atoms with Crippen LogP contribution in [-0.4, -0.2) is 45.6 Å². The molecule has 2 aromatic carbocycles. The second kappa shape index (κ2) is 9.57. The van der Waals surface area contributed by atoms with Gasteiger partial charge in [-0.1, -0.05) is 41.9 Å². The number of likely N-dealkylation sites (tertiary alicyclic amines) is 1. The van der Waals surface area contributed by atoms with Gasteiger partial charge in [0.2, 0.25) is 0 Å². The Hall–Kier alpha value is -3.84. The number of aromatic nitrogens is 2. The molecule has 7 nitrogen and oxygen atoms in total. The number of halogens is 1. The summed E-state index contributed by atoms with van der Waals surface area (Å²) in [4.78, 5) is 27.6. The molecule has 0 saturated carbocycles. The van der Waals surface area contributed by atoms with E-state index in [0.717, 1.165) is 11.3 Å². The van der Waals surface area contributed by atoms with E-state index in [1.165, 1.54) is 6.26 Å². The lowest BCUT2D eigenvalue weighted by atomic mass is 10.0. The number of hydrogen-bond acceptors (Lipinski definition) is 4. The summed E-state index contributed by atoms with van der Waals surface area (Å²) in [6.45, 7) is 1.11. The van der Waals surface area contributed by atoms with Crippen molar-refractivity contribution in [3.05, 3.63) is 95.5 Å². The molecule has 1 aliphatic rings. The van der Waals surface area contributed by atoms with E-state index in [1.807, 2.05) is 42.5 Å². The van der Waals surface area contributed by atoms with Crippen LogP contribution in [0.25, 0.3) is 16.9 Å². The highest BCUT2D eigenvalue weighted by atomic mass is 35.5. The molecule has 2 aromatic heterocycles. The number of nitrogens with one attached hydrogen (secondary N) is 1. The zero-order valence-electron chi connectivity index (χ0n) is 18.4. The van der Waals surface area contributed by atoms with Gasteiger partial charge in [0, 0.05) is 35.9 Å². The first-order chi connectivity index (χ1) is 16.6. The molecule has 1 N–H and O–H groups in total. The number of carbonyl (C=O) groups excluding carboxylic acids is 2. The summed E-state index contributed by atoms with van der Waals surface area (Å²) in [6.07, 6.45) is 4.58. The van der Waals surface area contributed by atoms with Crippen LogP contribution in [0.1, 0.15) is 33.8 Å². The van der Waals surface area contributed by atoms with Gasteiger partial charge in [0.25, 0.3) is 11.8 Å². The summed E-state index contributed by atoms with van der Waals surface area (Å²) in [6, 6.07) is 20.3. The predicted octanol–water partition coefficient (Wildman–Crippen LogP) is 4.82. The molecule has 0 bridgehead atoms. The highest BCUT2D eigenvalue weighted by Crippen LogP contribution is 2.26. The third-order valence-electron chi connectivity index (χ3n) is 5.95. The van der Waals surface area contributed by atoms with Crippen molar-refractivity contribution in [3.63, 3.8) is 0 Å². The van der Waals surface area contributed by atoms with Crippen molar-refractivity contribution < 1.29 is 14.0 Å². The minimum atomic E-state index is -0.192. The van der Waals surface area contributed by atoms with Crippen molar-refractivity contribution >= 4 is 23.4 Å². The lowest BCUT2D eigenvalue weighted by molar-refractivity contribution is 0.0667. The number of carbonyl (C=O) groups is 2. The molecule has 0 atom stereocenters. The Balaban J connectivity index is 1.33. The van der Waals surface area contributed by atoms with E-state index in [4.69, 9.17) is 21.1 Å². The summed E-state index contributed by atoms with van der Waals surface area (Å²) in [5.41, 5.74) is 2.74. The summed E-state index contributed by atoms with van der Waals surface area (Å²) in [7, 11) is 0. The van der Waals surface area contributed by atoms with Crippen LogP contribution in [0, 0.1) is 0 Å². The van der Waals surface area contributed by atoms with Gasteiger partial charge in [0.05, 0.1) is 17.5 Å². The van der Waals surface area contributed by atoms with Crippen molar-refractivity contribution in [2.45, 2.75) is 18.9 Å². The molecular weight excluding hydrogens is 452 g/mol. The maximum absolute atomic E-state index is 13.3. The van der Waals surface area contributed by atoms with Crippen LogP contribution in [0.2, 0.25) is 5.02 Å². The number of nitrogens with zero attached hydrogens (tertiary/aromatic N) is 3. The number of amides is 2. The van der Waals surface area contributed by atoms with E-state index in [2.05, 4.69) is 5.32 Å². The maximum Gasteiger partial charge on any atom is 0.289 e. The Morgan fingerprint density at radius 2 is 1.71 bits per heavy atom. The lowest BCUT2D eigenvalue weighted by Crippen LogP contribution is -2.46. The number of hydrogen-bond donors (Lipinski definition) is 1. The lowest BCUT2D eigenvalue weighted by Gasteiger charge is -2.31. The van der Waals surface area contributed by atoms with Crippen molar-refractivity contribution in [1.29, 1.82) is 0 Å². The van der Waals surface area contributed by atoms with Gasteiger partial charge in [-0.05, 0) is 49.2 Å². The Bertz CT molecular complexity index is 1280. The molecule has 34 heavy (non-hydrogen) atoms. The highest BCUT2D eigenvalue weighted by molar-refractivity contribution is 6.30. The number of rotatable bonds is 5. The van der Waals surface area contributed by atoms with Crippen LogP contribution in [0.4, 0.5) is 0 Å². The molecule has 1 fully saturated rings. The van der Waals surface area contributed by atoms with Gasteiger partial charge in [0.15, 0.2) is 5.76 Å². The number of piperidine rings is 1. The van der Waals surface area contributed by atoms with Crippen LogP contribution in [-0.2, 0) is 0 Å². The van der Waals surface area contributed by atoms with Crippen molar-refractivity contribution in [1.82, 2.24) is 20.0 Å². The monoisotopic (exact) mass is 474 g/mol. The summed E-state index contributed by atoms with van der Waals surface area (Å²) in [5.74, 6) is 0.0234. The largest absolute Gasteiger partial charge is 0.459 e. The Labute approximate surface area is 201 Å². The van der Waals surface area contributed by atoms with Crippen LogP contribution in [0.5, 0.6) is 0 Å². The first kappa shape index (κ1) is 22.0. The Morgan fingerprint density at radius 1 is 0.971 bits per heavy atom.